The monoisotopic (exact) mass is 315 g/mol. The van der Waals surface area contributed by atoms with Crippen LogP contribution in [0.15, 0.2) is 30.3 Å². The minimum absolute atomic E-state index is 0.580. The maximum Gasteiger partial charge on any atom is 0.0931 e. The SMILES string of the molecule is CCCc1nc(C)c(CNC2CCN(c3ccccc3)C2)s1. The highest BCUT2D eigenvalue weighted by molar-refractivity contribution is 7.11. The Kier molecular flexibility index (Phi) is 5.11. The fourth-order valence-electron chi connectivity index (χ4n) is 3.01. The fraction of sp³-hybridized carbons (Fsp3) is 0.500. The van der Waals surface area contributed by atoms with Crippen LogP contribution >= 0.6 is 11.3 Å². The number of hydrogen-bond acceptors (Lipinski definition) is 4. The third kappa shape index (κ3) is 3.68. The van der Waals surface area contributed by atoms with Crippen LogP contribution in [0.25, 0.3) is 0 Å². The maximum absolute atomic E-state index is 4.68. The zero-order valence-corrected chi connectivity index (χ0v) is 14.3. The third-order valence-electron chi connectivity index (χ3n) is 4.26. The Morgan fingerprint density at radius 1 is 1.32 bits per heavy atom. The van der Waals surface area contributed by atoms with Gasteiger partial charge in [0.25, 0.3) is 0 Å². The van der Waals surface area contributed by atoms with Crippen molar-refractivity contribution in [3.8, 4) is 0 Å². The molecule has 1 aromatic carbocycles. The van der Waals surface area contributed by atoms with Gasteiger partial charge in [0.2, 0.25) is 0 Å². The van der Waals surface area contributed by atoms with E-state index in [1.165, 1.54) is 34.1 Å². The van der Waals surface area contributed by atoms with Crippen molar-refractivity contribution in [2.24, 2.45) is 0 Å². The highest BCUT2D eigenvalue weighted by Gasteiger charge is 2.22. The number of nitrogens with one attached hydrogen (secondary N) is 1. The fourth-order valence-corrected chi connectivity index (χ4v) is 4.13. The predicted molar refractivity (Wildman–Crippen MR) is 94.7 cm³/mol. The molecule has 118 valence electrons. The first kappa shape index (κ1) is 15.5. The van der Waals surface area contributed by atoms with Crippen molar-refractivity contribution in [2.75, 3.05) is 18.0 Å². The second kappa shape index (κ2) is 7.25. The number of anilines is 1. The van der Waals surface area contributed by atoms with Crippen molar-refractivity contribution in [3.63, 3.8) is 0 Å². The lowest BCUT2D eigenvalue weighted by molar-refractivity contribution is 0.553. The van der Waals surface area contributed by atoms with Gasteiger partial charge in [-0.3, -0.25) is 0 Å². The number of rotatable bonds is 6. The maximum atomic E-state index is 4.68. The first-order chi connectivity index (χ1) is 10.8. The van der Waals surface area contributed by atoms with Gasteiger partial charge in [-0.1, -0.05) is 25.1 Å². The van der Waals surface area contributed by atoms with Gasteiger partial charge in [0.15, 0.2) is 0 Å². The van der Waals surface area contributed by atoms with E-state index >= 15 is 0 Å². The Hall–Kier alpha value is -1.39. The second-order valence-electron chi connectivity index (χ2n) is 6.01. The van der Waals surface area contributed by atoms with Crippen LogP contribution in [0.2, 0.25) is 0 Å². The van der Waals surface area contributed by atoms with Crippen molar-refractivity contribution in [3.05, 3.63) is 45.9 Å². The average Bonchev–Trinajstić information content (AvgIpc) is 3.13. The predicted octanol–water partition coefficient (Wildman–Crippen LogP) is 3.77. The lowest BCUT2D eigenvalue weighted by Crippen LogP contribution is -2.32. The van der Waals surface area contributed by atoms with E-state index in [2.05, 4.69) is 59.4 Å². The molecular formula is C18H25N3S. The van der Waals surface area contributed by atoms with E-state index in [-0.39, 0.29) is 0 Å². The third-order valence-corrected chi connectivity index (χ3v) is 5.48. The molecule has 3 rings (SSSR count). The number of hydrogen-bond donors (Lipinski definition) is 1. The quantitative estimate of drug-likeness (QED) is 0.879. The van der Waals surface area contributed by atoms with E-state index in [4.69, 9.17) is 0 Å². The van der Waals surface area contributed by atoms with Crippen molar-refractivity contribution in [2.45, 2.75) is 45.7 Å². The topological polar surface area (TPSA) is 28.2 Å². The highest BCUT2D eigenvalue weighted by atomic mass is 32.1. The van der Waals surface area contributed by atoms with Crippen LogP contribution in [0.4, 0.5) is 5.69 Å². The van der Waals surface area contributed by atoms with Crippen LogP contribution in [0.3, 0.4) is 0 Å². The Morgan fingerprint density at radius 2 is 2.14 bits per heavy atom. The van der Waals surface area contributed by atoms with Gasteiger partial charge < -0.3 is 10.2 Å². The Labute approximate surface area is 137 Å². The summed E-state index contributed by atoms with van der Waals surface area (Å²) in [6.45, 7) is 7.55. The van der Waals surface area contributed by atoms with E-state index in [0.717, 1.165) is 26.1 Å². The Bertz CT molecular complexity index is 594. The molecule has 0 radical (unpaired) electrons. The molecule has 1 fully saturated rings. The number of para-hydroxylation sites is 1. The van der Waals surface area contributed by atoms with Crippen molar-refractivity contribution in [1.29, 1.82) is 0 Å². The molecule has 0 saturated carbocycles. The molecule has 3 nitrogen and oxygen atoms in total. The molecule has 1 atom stereocenters. The van der Waals surface area contributed by atoms with Crippen LogP contribution in [0.1, 0.15) is 35.3 Å². The molecule has 0 spiro atoms. The molecule has 1 aliphatic rings. The molecule has 0 amide bonds. The summed E-state index contributed by atoms with van der Waals surface area (Å²) in [5.74, 6) is 0. The van der Waals surface area contributed by atoms with Crippen LogP contribution in [-0.2, 0) is 13.0 Å². The van der Waals surface area contributed by atoms with E-state index in [9.17, 15) is 0 Å². The molecule has 1 N–H and O–H groups in total. The molecule has 1 unspecified atom stereocenters. The summed E-state index contributed by atoms with van der Waals surface area (Å²) in [5.41, 5.74) is 2.55. The lowest BCUT2D eigenvalue weighted by atomic mass is 10.2. The van der Waals surface area contributed by atoms with Gasteiger partial charge in [-0.15, -0.1) is 11.3 Å². The van der Waals surface area contributed by atoms with Crippen LogP contribution in [-0.4, -0.2) is 24.1 Å². The van der Waals surface area contributed by atoms with Crippen molar-refractivity contribution >= 4 is 17.0 Å². The molecule has 1 saturated heterocycles. The molecule has 0 aliphatic carbocycles. The summed E-state index contributed by atoms with van der Waals surface area (Å²) in [7, 11) is 0. The summed E-state index contributed by atoms with van der Waals surface area (Å²) in [6, 6.07) is 11.3. The molecule has 2 heterocycles. The van der Waals surface area contributed by atoms with Gasteiger partial charge in [0, 0.05) is 36.2 Å². The molecule has 0 bridgehead atoms. The first-order valence-corrected chi connectivity index (χ1v) is 9.06. The van der Waals surface area contributed by atoms with E-state index < -0.39 is 0 Å². The summed E-state index contributed by atoms with van der Waals surface area (Å²) >= 11 is 1.88. The van der Waals surface area contributed by atoms with Crippen LogP contribution < -0.4 is 10.2 Å². The number of benzene rings is 1. The summed E-state index contributed by atoms with van der Waals surface area (Å²) < 4.78 is 0. The van der Waals surface area contributed by atoms with Crippen LogP contribution in [0.5, 0.6) is 0 Å². The normalized spacial score (nSPS) is 18.1. The average molecular weight is 315 g/mol. The smallest absolute Gasteiger partial charge is 0.0931 e. The lowest BCUT2D eigenvalue weighted by Gasteiger charge is -2.18. The molecule has 1 aromatic heterocycles. The van der Waals surface area contributed by atoms with E-state index in [1.807, 2.05) is 11.3 Å². The second-order valence-corrected chi connectivity index (χ2v) is 7.18. The van der Waals surface area contributed by atoms with Gasteiger partial charge in [-0.2, -0.15) is 0 Å². The van der Waals surface area contributed by atoms with Gasteiger partial charge in [0.05, 0.1) is 10.7 Å². The number of aryl methyl sites for hydroxylation is 2. The van der Waals surface area contributed by atoms with Crippen LogP contribution in [0, 0.1) is 6.92 Å². The van der Waals surface area contributed by atoms with Crippen molar-refractivity contribution < 1.29 is 0 Å². The summed E-state index contributed by atoms with van der Waals surface area (Å²) in [6.07, 6.45) is 3.50. The zero-order chi connectivity index (χ0) is 15.4. The van der Waals surface area contributed by atoms with E-state index in [1.54, 1.807) is 0 Å². The molecule has 4 heteroatoms. The molecule has 22 heavy (non-hydrogen) atoms. The minimum Gasteiger partial charge on any atom is -0.370 e. The minimum atomic E-state index is 0.580. The molecular weight excluding hydrogens is 290 g/mol. The largest absolute Gasteiger partial charge is 0.370 e. The standard InChI is InChI=1S/C18H25N3S/c1-3-7-18-20-14(2)17(22-18)12-19-15-10-11-21(13-15)16-8-5-4-6-9-16/h4-6,8-9,15,19H,3,7,10-13H2,1-2H3. The van der Waals surface area contributed by atoms with Gasteiger partial charge in [0.1, 0.15) is 0 Å². The van der Waals surface area contributed by atoms with Gasteiger partial charge >= 0.3 is 0 Å². The zero-order valence-electron chi connectivity index (χ0n) is 13.5. The molecule has 2 aromatic rings. The number of aromatic nitrogens is 1. The Morgan fingerprint density at radius 3 is 2.91 bits per heavy atom. The van der Waals surface area contributed by atoms with Crippen molar-refractivity contribution in [1.82, 2.24) is 10.3 Å². The van der Waals surface area contributed by atoms with E-state index in [0.29, 0.717) is 6.04 Å². The summed E-state index contributed by atoms with van der Waals surface area (Å²) in [4.78, 5) is 8.55. The van der Waals surface area contributed by atoms with Gasteiger partial charge in [-0.25, -0.2) is 4.98 Å². The number of thiazole rings is 1. The number of nitrogens with zero attached hydrogens (tertiary/aromatic N) is 2. The Balaban J connectivity index is 1.53. The van der Waals surface area contributed by atoms with Gasteiger partial charge in [-0.05, 0) is 38.3 Å². The molecule has 1 aliphatic heterocycles. The highest BCUT2D eigenvalue weighted by Crippen LogP contribution is 2.22. The first-order valence-electron chi connectivity index (χ1n) is 8.25. The summed E-state index contributed by atoms with van der Waals surface area (Å²) in [5, 5.41) is 5.01.